The van der Waals surface area contributed by atoms with Crippen LogP contribution in [0, 0.1) is 19.8 Å². The van der Waals surface area contributed by atoms with Gasteiger partial charge in [-0.05, 0) is 50.2 Å². The molecule has 3 aromatic rings. The van der Waals surface area contributed by atoms with Gasteiger partial charge in [-0.3, -0.25) is 9.36 Å². The smallest absolute Gasteiger partial charge is 0.341 e. The fourth-order valence-corrected chi connectivity index (χ4v) is 7.16. The van der Waals surface area contributed by atoms with Crippen LogP contribution in [-0.2, 0) is 28.9 Å². The molecule has 10 heteroatoms. The Morgan fingerprint density at radius 3 is 2.91 bits per heavy atom. The minimum Gasteiger partial charge on any atom is -0.465 e. The number of aryl methyl sites for hydroxylation is 1. The summed E-state index contributed by atoms with van der Waals surface area (Å²) in [6.45, 7) is 10.5. The van der Waals surface area contributed by atoms with Crippen molar-refractivity contribution in [2.24, 2.45) is 5.92 Å². The zero-order valence-electron chi connectivity index (χ0n) is 19.8. The number of esters is 1. The average molecular weight is 517 g/mol. The van der Waals surface area contributed by atoms with Crippen molar-refractivity contribution in [1.29, 1.82) is 0 Å². The number of thioether (sulfide) groups is 1. The second kappa shape index (κ2) is 10.5. The maximum atomic E-state index is 12.7. The molecule has 180 valence electrons. The highest BCUT2D eigenvalue weighted by Gasteiger charge is 2.25. The molecule has 3 aromatic heterocycles. The van der Waals surface area contributed by atoms with Crippen molar-refractivity contribution >= 4 is 51.3 Å². The number of thiophene rings is 2. The van der Waals surface area contributed by atoms with Gasteiger partial charge in [0.2, 0.25) is 5.91 Å². The average Bonchev–Trinajstić information content (AvgIpc) is 3.47. The van der Waals surface area contributed by atoms with Crippen molar-refractivity contribution in [2.45, 2.75) is 51.7 Å². The number of nitrogens with zero attached hydrogens (tertiary/aromatic N) is 3. The van der Waals surface area contributed by atoms with Gasteiger partial charge in [0.15, 0.2) is 11.0 Å². The summed E-state index contributed by atoms with van der Waals surface area (Å²) in [7, 11) is 1.34. The molecule has 1 N–H and O–H groups in total. The number of carbonyl (C=O) groups excluding carboxylic acids is 2. The summed E-state index contributed by atoms with van der Waals surface area (Å²) in [4.78, 5) is 27.3. The fraction of sp³-hybridized carbons (Fsp3) is 0.417. The lowest BCUT2D eigenvalue weighted by Gasteiger charge is -2.19. The Bertz CT molecular complexity index is 1240. The molecule has 7 nitrogen and oxygen atoms in total. The molecule has 3 heterocycles. The molecule has 0 bridgehead atoms. The first kappa shape index (κ1) is 24.7. The van der Waals surface area contributed by atoms with Gasteiger partial charge < -0.3 is 10.1 Å². The van der Waals surface area contributed by atoms with Crippen molar-refractivity contribution in [2.75, 3.05) is 18.2 Å². The van der Waals surface area contributed by atoms with Crippen LogP contribution < -0.4 is 5.32 Å². The van der Waals surface area contributed by atoms with Gasteiger partial charge in [0.25, 0.3) is 0 Å². The summed E-state index contributed by atoms with van der Waals surface area (Å²) in [6, 6.07) is 0. The third-order valence-corrected chi connectivity index (χ3v) is 9.17. The zero-order valence-corrected chi connectivity index (χ0v) is 22.2. The van der Waals surface area contributed by atoms with Crippen LogP contribution >= 0.6 is 34.4 Å². The summed E-state index contributed by atoms with van der Waals surface area (Å²) in [5.41, 5.74) is 3.76. The largest absolute Gasteiger partial charge is 0.465 e. The van der Waals surface area contributed by atoms with Gasteiger partial charge >= 0.3 is 5.97 Å². The molecule has 0 saturated carbocycles. The summed E-state index contributed by atoms with van der Waals surface area (Å²) in [5.74, 6) is 1.02. The van der Waals surface area contributed by atoms with Gasteiger partial charge in [0.1, 0.15) is 5.00 Å². The summed E-state index contributed by atoms with van der Waals surface area (Å²) in [6.07, 6.45) is 5.18. The maximum Gasteiger partial charge on any atom is 0.341 e. The lowest BCUT2D eigenvalue weighted by molar-refractivity contribution is -0.113. The van der Waals surface area contributed by atoms with Crippen molar-refractivity contribution in [1.82, 2.24) is 14.8 Å². The van der Waals surface area contributed by atoms with Gasteiger partial charge in [-0.1, -0.05) is 24.8 Å². The number of allylic oxidation sites excluding steroid dienone is 1. The minimum absolute atomic E-state index is 0.144. The zero-order chi connectivity index (χ0) is 24.4. The lowest BCUT2D eigenvalue weighted by atomic mass is 9.88. The van der Waals surface area contributed by atoms with Crippen LogP contribution in [0.3, 0.4) is 0 Å². The second-order valence-corrected chi connectivity index (χ2v) is 11.6. The Morgan fingerprint density at radius 2 is 2.18 bits per heavy atom. The molecular formula is C24H28N4O3S3. The van der Waals surface area contributed by atoms with E-state index in [2.05, 4.69) is 34.4 Å². The third-order valence-electron chi connectivity index (χ3n) is 6.03. The van der Waals surface area contributed by atoms with Gasteiger partial charge in [-0.25, -0.2) is 4.79 Å². The molecule has 0 fully saturated rings. The predicted molar refractivity (Wildman–Crippen MR) is 139 cm³/mol. The summed E-state index contributed by atoms with van der Waals surface area (Å²) >= 11 is 4.50. The SMILES string of the molecule is C=CCn1c(SCC(=O)Nc2sc(C)c(C)c2C(=O)OC)nnc1-c1csc2c1CCC(C)C2. The Kier molecular flexibility index (Phi) is 7.59. The molecule has 0 aromatic carbocycles. The van der Waals surface area contributed by atoms with E-state index in [0.29, 0.717) is 28.2 Å². The number of aromatic nitrogens is 3. The van der Waals surface area contributed by atoms with Crippen LogP contribution in [0.25, 0.3) is 11.4 Å². The second-order valence-electron chi connectivity index (χ2n) is 8.42. The van der Waals surface area contributed by atoms with E-state index in [-0.39, 0.29) is 11.7 Å². The number of rotatable bonds is 8. The normalized spacial score (nSPS) is 15.1. The van der Waals surface area contributed by atoms with Crippen LogP contribution in [0.15, 0.2) is 23.2 Å². The van der Waals surface area contributed by atoms with E-state index in [1.807, 2.05) is 24.5 Å². The standard InChI is InChI=1S/C24H28N4O3S3/c1-6-9-28-21(17-11-32-18-10-13(2)7-8-16(17)18)26-27-24(28)33-12-19(29)25-22-20(23(30)31-5)14(3)15(4)34-22/h6,11,13H,1,7-10,12H2,2-5H3,(H,25,29). The first-order valence-electron chi connectivity index (χ1n) is 11.1. The molecule has 0 saturated heterocycles. The summed E-state index contributed by atoms with van der Waals surface area (Å²) in [5, 5.41) is 15.1. The molecule has 1 amide bonds. The molecule has 34 heavy (non-hydrogen) atoms. The molecule has 4 rings (SSSR count). The maximum absolute atomic E-state index is 12.7. The third kappa shape index (κ3) is 4.85. The van der Waals surface area contributed by atoms with E-state index >= 15 is 0 Å². The van der Waals surface area contributed by atoms with Crippen molar-refractivity contribution in [3.63, 3.8) is 0 Å². The molecule has 0 aliphatic heterocycles. The highest BCUT2D eigenvalue weighted by molar-refractivity contribution is 7.99. The summed E-state index contributed by atoms with van der Waals surface area (Å²) < 4.78 is 6.91. The molecule has 1 aliphatic rings. The van der Waals surface area contributed by atoms with Crippen LogP contribution in [0.2, 0.25) is 0 Å². The van der Waals surface area contributed by atoms with E-state index < -0.39 is 5.97 Å². The van der Waals surface area contributed by atoms with Crippen LogP contribution in [0.5, 0.6) is 0 Å². The number of carbonyl (C=O) groups is 2. The van der Waals surface area contributed by atoms with Crippen LogP contribution in [0.4, 0.5) is 5.00 Å². The molecule has 1 aliphatic carbocycles. The van der Waals surface area contributed by atoms with Crippen molar-refractivity contribution < 1.29 is 14.3 Å². The topological polar surface area (TPSA) is 86.1 Å². The van der Waals surface area contributed by atoms with Gasteiger partial charge in [0.05, 0.1) is 18.4 Å². The molecule has 0 spiro atoms. The van der Waals surface area contributed by atoms with Gasteiger partial charge in [0, 0.05) is 27.2 Å². The molecule has 1 unspecified atom stereocenters. The lowest BCUT2D eigenvalue weighted by Crippen LogP contribution is -2.16. The first-order chi connectivity index (χ1) is 16.3. The van der Waals surface area contributed by atoms with Crippen LogP contribution in [-0.4, -0.2) is 39.5 Å². The monoisotopic (exact) mass is 516 g/mol. The van der Waals surface area contributed by atoms with Gasteiger partial charge in [-0.2, -0.15) is 0 Å². The number of methoxy groups -OCH3 is 1. The van der Waals surface area contributed by atoms with E-state index in [1.54, 1.807) is 11.3 Å². The Balaban J connectivity index is 1.51. The van der Waals surface area contributed by atoms with E-state index in [4.69, 9.17) is 4.74 Å². The molecule has 0 radical (unpaired) electrons. The fourth-order valence-electron chi connectivity index (χ4n) is 4.11. The van der Waals surface area contributed by atoms with E-state index in [9.17, 15) is 9.59 Å². The van der Waals surface area contributed by atoms with Crippen molar-refractivity contribution in [3.8, 4) is 11.4 Å². The quantitative estimate of drug-likeness (QED) is 0.241. The number of ether oxygens (including phenoxy) is 1. The number of hydrogen-bond acceptors (Lipinski definition) is 8. The predicted octanol–water partition coefficient (Wildman–Crippen LogP) is 5.51. The Morgan fingerprint density at radius 1 is 1.38 bits per heavy atom. The van der Waals surface area contributed by atoms with Gasteiger partial charge in [-0.15, -0.1) is 39.4 Å². The van der Waals surface area contributed by atoms with E-state index in [0.717, 1.165) is 34.7 Å². The molecular weight excluding hydrogens is 488 g/mol. The Hall–Kier alpha value is -2.43. The number of nitrogens with one attached hydrogen (secondary N) is 1. The number of fused-ring (bicyclic) bond motifs is 1. The Labute approximate surface area is 211 Å². The van der Waals surface area contributed by atoms with Crippen molar-refractivity contribution in [3.05, 3.63) is 44.5 Å². The first-order valence-corrected chi connectivity index (χ1v) is 13.8. The number of amides is 1. The van der Waals surface area contributed by atoms with Crippen LogP contribution in [0.1, 0.15) is 44.6 Å². The van der Waals surface area contributed by atoms with E-state index in [1.165, 1.54) is 47.1 Å². The molecule has 1 atom stereocenters. The highest BCUT2D eigenvalue weighted by atomic mass is 32.2. The number of anilines is 1. The highest BCUT2D eigenvalue weighted by Crippen LogP contribution is 2.38. The minimum atomic E-state index is -0.450. The number of hydrogen-bond donors (Lipinski definition) is 1.